The average Bonchev–Trinajstić information content (AvgIpc) is 2.39. The first-order valence-electron chi connectivity index (χ1n) is 6.63. The molecule has 20 heavy (non-hydrogen) atoms. The zero-order chi connectivity index (χ0) is 14.8. The highest BCUT2D eigenvalue weighted by molar-refractivity contribution is 9.10. The van der Waals surface area contributed by atoms with Crippen LogP contribution in [-0.2, 0) is 4.79 Å². The van der Waals surface area contributed by atoms with Gasteiger partial charge in [-0.1, -0.05) is 13.3 Å². The number of carbonyl (C=O) groups is 1. The van der Waals surface area contributed by atoms with Crippen LogP contribution in [0.1, 0.15) is 26.7 Å². The van der Waals surface area contributed by atoms with Gasteiger partial charge in [0, 0.05) is 16.6 Å². The Labute approximate surface area is 126 Å². The molecule has 5 nitrogen and oxygen atoms in total. The fourth-order valence-electron chi connectivity index (χ4n) is 2.06. The van der Waals surface area contributed by atoms with Crippen molar-refractivity contribution in [2.75, 3.05) is 18.5 Å². The van der Waals surface area contributed by atoms with Gasteiger partial charge in [-0.05, 0) is 29.3 Å². The Morgan fingerprint density at radius 3 is 2.60 bits per heavy atom. The fourth-order valence-corrected chi connectivity index (χ4v) is 2.48. The smallest absolute Gasteiger partial charge is 0.244 e. The molecule has 0 bridgehead atoms. The van der Waals surface area contributed by atoms with Crippen molar-refractivity contribution in [1.82, 2.24) is 0 Å². The Morgan fingerprint density at radius 1 is 1.40 bits per heavy atom. The van der Waals surface area contributed by atoms with Crippen LogP contribution in [0.25, 0.3) is 0 Å². The number of anilines is 1. The van der Waals surface area contributed by atoms with Crippen LogP contribution in [0.5, 0.6) is 11.5 Å². The summed E-state index contributed by atoms with van der Waals surface area (Å²) in [5, 5.41) is 2.84. The molecule has 0 aliphatic carbocycles. The zero-order valence-corrected chi connectivity index (χ0v) is 13.2. The molecular weight excluding hydrogens is 324 g/mol. The van der Waals surface area contributed by atoms with E-state index in [0.29, 0.717) is 36.8 Å². The van der Waals surface area contributed by atoms with Crippen LogP contribution in [-0.4, -0.2) is 24.7 Å². The van der Waals surface area contributed by atoms with E-state index in [4.69, 9.17) is 15.2 Å². The highest BCUT2D eigenvalue weighted by Crippen LogP contribution is 2.38. The molecule has 0 fully saturated rings. The topological polar surface area (TPSA) is 73.6 Å². The minimum absolute atomic E-state index is 0.211. The first-order chi connectivity index (χ1) is 9.44. The SMILES string of the molecule is CCCC(C)(N)C(=O)Nc1cc2c(cc1Br)OCCO2. The third-order valence-corrected chi connectivity index (χ3v) is 3.82. The molecule has 0 aromatic heterocycles. The molecule has 0 radical (unpaired) electrons. The van der Waals surface area contributed by atoms with Gasteiger partial charge in [0.1, 0.15) is 13.2 Å². The summed E-state index contributed by atoms with van der Waals surface area (Å²) in [5.41, 5.74) is 5.77. The Balaban J connectivity index is 2.19. The first-order valence-corrected chi connectivity index (χ1v) is 7.43. The van der Waals surface area contributed by atoms with Crippen molar-refractivity contribution in [2.24, 2.45) is 5.73 Å². The summed E-state index contributed by atoms with van der Waals surface area (Å²) in [7, 11) is 0. The van der Waals surface area contributed by atoms with Crippen molar-refractivity contribution in [3.63, 3.8) is 0 Å². The van der Waals surface area contributed by atoms with E-state index >= 15 is 0 Å². The number of amides is 1. The van der Waals surface area contributed by atoms with E-state index in [-0.39, 0.29) is 5.91 Å². The van der Waals surface area contributed by atoms with E-state index in [1.807, 2.05) is 6.92 Å². The van der Waals surface area contributed by atoms with Gasteiger partial charge in [-0.25, -0.2) is 0 Å². The summed E-state index contributed by atoms with van der Waals surface area (Å²) in [4.78, 5) is 12.2. The lowest BCUT2D eigenvalue weighted by Gasteiger charge is -2.24. The van der Waals surface area contributed by atoms with E-state index in [1.54, 1.807) is 19.1 Å². The van der Waals surface area contributed by atoms with Crippen molar-refractivity contribution in [1.29, 1.82) is 0 Å². The molecule has 1 heterocycles. The molecule has 1 unspecified atom stereocenters. The standard InChI is InChI=1S/C14H19BrN2O3/c1-3-4-14(2,16)13(18)17-10-8-12-11(7-9(10)15)19-5-6-20-12/h7-8H,3-6,16H2,1-2H3,(H,17,18). The minimum atomic E-state index is -0.887. The summed E-state index contributed by atoms with van der Waals surface area (Å²) in [6, 6.07) is 3.54. The van der Waals surface area contributed by atoms with Crippen molar-refractivity contribution >= 4 is 27.5 Å². The molecule has 1 aliphatic heterocycles. The van der Waals surface area contributed by atoms with E-state index in [0.717, 1.165) is 10.9 Å². The second-order valence-electron chi connectivity index (χ2n) is 5.10. The molecule has 1 aromatic rings. The summed E-state index contributed by atoms with van der Waals surface area (Å²) in [6.07, 6.45) is 1.48. The van der Waals surface area contributed by atoms with Gasteiger partial charge in [0.25, 0.3) is 0 Å². The number of fused-ring (bicyclic) bond motifs is 1. The predicted octanol–water partition coefficient (Wildman–Crippen LogP) is 2.68. The molecule has 1 aromatic carbocycles. The van der Waals surface area contributed by atoms with Crippen molar-refractivity contribution in [3.05, 3.63) is 16.6 Å². The molecule has 6 heteroatoms. The molecule has 0 saturated heterocycles. The highest BCUT2D eigenvalue weighted by atomic mass is 79.9. The largest absolute Gasteiger partial charge is 0.486 e. The van der Waals surface area contributed by atoms with Gasteiger partial charge in [-0.15, -0.1) is 0 Å². The number of hydrogen-bond acceptors (Lipinski definition) is 4. The number of rotatable bonds is 4. The molecule has 110 valence electrons. The molecule has 3 N–H and O–H groups in total. The second-order valence-corrected chi connectivity index (χ2v) is 5.95. The van der Waals surface area contributed by atoms with E-state index in [2.05, 4.69) is 21.2 Å². The van der Waals surface area contributed by atoms with Gasteiger partial charge >= 0.3 is 0 Å². The van der Waals surface area contributed by atoms with Crippen molar-refractivity contribution < 1.29 is 14.3 Å². The Kier molecular flexibility index (Phi) is 4.55. The van der Waals surface area contributed by atoms with Crippen molar-refractivity contribution in [3.8, 4) is 11.5 Å². The summed E-state index contributed by atoms with van der Waals surface area (Å²) in [6.45, 7) is 4.77. The maximum atomic E-state index is 12.2. The Morgan fingerprint density at radius 2 is 2.00 bits per heavy atom. The van der Waals surface area contributed by atoms with E-state index in [9.17, 15) is 4.79 Å². The monoisotopic (exact) mass is 342 g/mol. The molecule has 0 spiro atoms. The van der Waals surface area contributed by atoms with Gasteiger partial charge in [-0.3, -0.25) is 4.79 Å². The average molecular weight is 343 g/mol. The molecule has 1 amide bonds. The van der Waals surface area contributed by atoms with Gasteiger partial charge in [0.2, 0.25) is 5.91 Å². The summed E-state index contributed by atoms with van der Waals surface area (Å²) >= 11 is 3.42. The number of halogens is 1. The van der Waals surface area contributed by atoms with Crippen LogP contribution in [0.15, 0.2) is 16.6 Å². The van der Waals surface area contributed by atoms with E-state index in [1.165, 1.54) is 0 Å². The van der Waals surface area contributed by atoms with Crippen LogP contribution >= 0.6 is 15.9 Å². The molecule has 2 rings (SSSR count). The van der Waals surface area contributed by atoms with Crippen LogP contribution in [0.4, 0.5) is 5.69 Å². The number of nitrogens with two attached hydrogens (primary N) is 1. The predicted molar refractivity (Wildman–Crippen MR) is 81.3 cm³/mol. The molecule has 1 aliphatic rings. The number of hydrogen-bond donors (Lipinski definition) is 2. The van der Waals surface area contributed by atoms with Crippen LogP contribution in [0, 0.1) is 0 Å². The number of nitrogens with one attached hydrogen (secondary N) is 1. The zero-order valence-electron chi connectivity index (χ0n) is 11.7. The number of carbonyl (C=O) groups excluding carboxylic acids is 1. The van der Waals surface area contributed by atoms with Gasteiger partial charge in [0.05, 0.1) is 11.2 Å². The minimum Gasteiger partial charge on any atom is -0.486 e. The van der Waals surface area contributed by atoms with Crippen LogP contribution in [0.2, 0.25) is 0 Å². The van der Waals surface area contributed by atoms with Gasteiger partial charge < -0.3 is 20.5 Å². The Bertz CT molecular complexity index is 517. The normalized spacial score (nSPS) is 16.4. The quantitative estimate of drug-likeness (QED) is 0.882. The second kappa shape index (κ2) is 6.01. The lowest BCUT2D eigenvalue weighted by atomic mass is 9.96. The number of ether oxygens (including phenoxy) is 2. The third kappa shape index (κ3) is 3.24. The molecule has 0 saturated carbocycles. The van der Waals surface area contributed by atoms with E-state index < -0.39 is 5.54 Å². The lowest BCUT2D eigenvalue weighted by molar-refractivity contribution is -0.120. The summed E-state index contributed by atoms with van der Waals surface area (Å²) in [5.74, 6) is 1.09. The van der Waals surface area contributed by atoms with Crippen LogP contribution < -0.4 is 20.5 Å². The lowest BCUT2D eigenvalue weighted by Crippen LogP contribution is -2.48. The van der Waals surface area contributed by atoms with Crippen molar-refractivity contribution in [2.45, 2.75) is 32.2 Å². The third-order valence-electron chi connectivity index (χ3n) is 3.17. The van der Waals surface area contributed by atoms with Crippen LogP contribution in [0.3, 0.4) is 0 Å². The maximum Gasteiger partial charge on any atom is 0.244 e. The Hall–Kier alpha value is -1.27. The van der Waals surface area contributed by atoms with Gasteiger partial charge in [0.15, 0.2) is 11.5 Å². The fraction of sp³-hybridized carbons (Fsp3) is 0.500. The number of benzene rings is 1. The van der Waals surface area contributed by atoms with Gasteiger partial charge in [-0.2, -0.15) is 0 Å². The molecule has 1 atom stereocenters. The highest BCUT2D eigenvalue weighted by Gasteiger charge is 2.28. The summed E-state index contributed by atoms with van der Waals surface area (Å²) < 4.78 is 11.7. The molecular formula is C14H19BrN2O3. The maximum absolute atomic E-state index is 12.2. The first kappa shape index (κ1) is 15.1.